The predicted octanol–water partition coefficient (Wildman–Crippen LogP) is 6.68. The third-order valence-electron chi connectivity index (χ3n) is 7.28. The number of carbonyl (C=O) groups excluding carboxylic acids is 1. The van der Waals surface area contributed by atoms with Crippen LogP contribution in [0.5, 0.6) is 23.0 Å². The lowest BCUT2D eigenvalue weighted by molar-refractivity contribution is 0.0694. The van der Waals surface area contributed by atoms with Gasteiger partial charge in [0.2, 0.25) is 0 Å². The monoisotopic (exact) mass is 535 g/mol. The largest absolute Gasteiger partial charge is 0.493 e. The Balaban J connectivity index is 1.52. The van der Waals surface area contributed by atoms with Crippen LogP contribution in [0.4, 0.5) is 0 Å². The minimum Gasteiger partial charge on any atom is -0.493 e. The fourth-order valence-corrected chi connectivity index (χ4v) is 5.21. The van der Waals surface area contributed by atoms with E-state index in [1.807, 2.05) is 83.8 Å². The van der Waals surface area contributed by atoms with Crippen molar-refractivity contribution in [3.8, 4) is 23.0 Å². The molecule has 0 saturated carbocycles. The lowest BCUT2D eigenvalue weighted by Gasteiger charge is -2.38. The molecule has 0 bridgehead atoms. The van der Waals surface area contributed by atoms with Crippen molar-refractivity contribution in [1.29, 1.82) is 0 Å². The van der Waals surface area contributed by atoms with E-state index in [1.54, 1.807) is 28.4 Å². The fraction of sp³-hybridized carbons (Fsp3) is 0.206. The molecular weight excluding hydrogens is 502 g/mol. The first-order chi connectivity index (χ1) is 19.6. The zero-order valence-corrected chi connectivity index (χ0v) is 23.2. The van der Waals surface area contributed by atoms with Gasteiger partial charge in [-0.25, -0.2) is 0 Å². The Morgan fingerprint density at radius 2 is 1.30 bits per heavy atom. The molecule has 0 fully saturated rings. The van der Waals surface area contributed by atoms with E-state index < -0.39 is 0 Å². The summed E-state index contributed by atoms with van der Waals surface area (Å²) in [5.74, 6) is 2.49. The first kappa shape index (κ1) is 26.9. The van der Waals surface area contributed by atoms with Gasteiger partial charge in [0.15, 0.2) is 23.0 Å². The van der Waals surface area contributed by atoms with Crippen LogP contribution < -0.4 is 18.9 Å². The van der Waals surface area contributed by atoms with Crippen LogP contribution in [0, 0.1) is 0 Å². The van der Waals surface area contributed by atoms with E-state index >= 15 is 0 Å². The number of carbonyl (C=O) groups is 1. The molecule has 1 aliphatic heterocycles. The first-order valence-corrected chi connectivity index (χ1v) is 13.2. The SMILES string of the molecule is COc1ccc(C2c3cc(OC)c(OC)cc3CCN2C(=O)c2ccc(C=Cc3ccccc3)cc2)cc1OC. The minimum atomic E-state index is -0.353. The fourth-order valence-electron chi connectivity index (χ4n) is 5.21. The highest BCUT2D eigenvalue weighted by Gasteiger charge is 2.34. The van der Waals surface area contributed by atoms with Crippen molar-refractivity contribution >= 4 is 18.1 Å². The molecule has 6 nitrogen and oxygen atoms in total. The average molecular weight is 536 g/mol. The summed E-state index contributed by atoms with van der Waals surface area (Å²) in [5, 5.41) is 0. The van der Waals surface area contributed by atoms with Gasteiger partial charge in [-0.2, -0.15) is 0 Å². The maximum atomic E-state index is 14.0. The molecule has 0 aliphatic carbocycles. The molecule has 204 valence electrons. The molecule has 1 heterocycles. The molecule has 1 aliphatic rings. The number of methoxy groups -OCH3 is 4. The number of benzene rings is 4. The second-order valence-corrected chi connectivity index (χ2v) is 9.54. The van der Waals surface area contributed by atoms with Gasteiger partial charge in [-0.1, -0.05) is 60.7 Å². The molecule has 0 saturated heterocycles. The summed E-state index contributed by atoms with van der Waals surface area (Å²) in [6.45, 7) is 0.552. The number of hydrogen-bond acceptors (Lipinski definition) is 5. The zero-order valence-electron chi connectivity index (χ0n) is 23.2. The third kappa shape index (κ3) is 5.38. The Kier molecular flexibility index (Phi) is 8.06. The van der Waals surface area contributed by atoms with Gasteiger partial charge in [-0.05, 0) is 70.6 Å². The highest BCUT2D eigenvalue weighted by Crippen LogP contribution is 2.43. The molecule has 0 N–H and O–H groups in total. The van der Waals surface area contributed by atoms with E-state index in [9.17, 15) is 4.79 Å². The Bertz CT molecular complexity index is 1510. The minimum absolute atomic E-state index is 0.0428. The number of amides is 1. The van der Waals surface area contributed by atoms with Crippen LogP contribution in [0.15, 0.2) is 84.9 Å². The molecule has 40 heavy (non-hydrogen) atoms. The van der Waals surface area contributed by atoms with Crippen molar-refractivity contribution in [2.45, 2.75) is 12.5 Å². The maximum absolute atomic E-state index is 14.0. The number of nitrogens with zero attached hydrogens (tertiary/aromatic N) is 1. The van der Waals surface area contributed by atoms with Gasteiger partial charge in [0.25, 0.3) is 5.91 Å². The van der Waals surface area contributed by atoms with Crippen molar-refractivity contribution in [1.82, 2.24) is 4.90 Å². The number of rotatable bonds is 8. The summed E-state index contributed by atoms with van der Waals surface area (Å²) >= 11 is 0. The van der Waals surface area contributed by atoms with E-state index in [4.69, 9.17) is 18.9 Å². The maximum Gasteiger partial charge on any atom is 0.254 e. The Morgan fingerprint density at radius 1 is 0.700 bits per heavy atom. The molecule has 0 radical (unpaired) electrons. The second kappa shape index (κ2) is 12.0. The van der Waals surface area contributed by atoms with Gasteiger partial charge in [0.05, 0.1) is 34.5 Å². The molecule has 5 rings (SSSR count). The summed E-state index contributed by atoms with van der Waals surface area (Å²) in [4.78, 5) is 16.0. The molecule has 1 atom stereocenters. The Hall–Kier alpha value is -4.71. The molecular formula is C34H33NO5. The van der Waals surface area contributed by atoms with Gasteiger partial charge in [-0.15, -0.1) is 0 Å². The molecule has 1 amide bonds. The summed E-state index contributed by atoms with van der Waals surface area (Å²) in [5.41, 5.74) is 5.81. The third-order valence-corrected chi connectivity index (χ3v) is 7.28. The van der Waals surface area contributed by atoms with Crippen LogP contribution in [0.3, 0.4) is 0 Å². The average Bonchev–Trinajstić information content (AvgIpc) is 3.02. The topological polar surface area (TPSA) is 57.2 Å². The molecule has 6 heteroatoms. The van der Waals surface area contributed by atoms with Crippen LogP contribution in [0.1, 0.15) is 44.2 Å². The van der Waals surface area contributed by atoms with Gasteiger partial charge in [-0.3, -0.25) is 4.79 Å². The van der Waals surface area contributed by atoms with Crippen LogP contribution in [0.25, 0.3) is 12.2 Å². The molecule has 4 aromatic rings. The van der Waals surface area contributed by atoms with E-state index in [-0.39, 0.29) is 11.9 Å². The normalized spacial score (nSPS) is 14.5. The summed E-state index contributed by atoms with van der Waals surface area (Å²) in [6, 6.07) is 27.3. The van der Waals surface area contributed by atoms with Gasteiger partial charge in [0.1, 0.15) is 0 Å². The van der Waals surface area contributed by atoms with Gasteiger partial charge < -0.3 is 23.8 Å². The second-order valence-electron chi connectivity index (χ2n) is 9.54. The smallest absolute Gasteiger partial charge is 0.254 e. The molecule has 4 aromatic carbocycles. The van der Waals surface area contributed by atoms with Crippen molar-refractivity contribution in [3.63, 3.8) is 0 Å². The van der Waals surface area contributed by atoms with Crippen molar-refractivity contribution in [3.05, 3.63) is 118 Å². The Morgan fingerprint density at radius 3 is 1.95 bits per heavy atom. The predicted molar refractivity (Wildman–Crippen MR) is 157 cm³/mol. The van der Waals surface area contributed by atoms with E-state index in [2.05, 4.69) is 18.2 Å². The van der Waals surface area contributed by atoms with Crippen molar-refractivity contribution < 1.29 is 23.7 Å². The lowest BCUT2D eigenvalue weighted by Crippen LogP contribution is -2.40. The number of fused-ring (bicyclic) bond motifs is 1. The lowest BCUT2D eigenvalue weighted by atomic mass is 9.87. The Labute approximate surface area is 235 Å². The van der Waals surface area contributed by atoms with Crippen LogP contribution in [-0.4, -0.2) is 45.8 Å². The number of hydrogen-bond donors (Lipinski definition) is 0. The summed E-state index contributed by atoms with van der Waals surface area (Å²) in [7, 11) is 6.48. The quantitative estimate of drug-likeness (QED) is 0.236. The summed E-state index contributed by atoms with van der Waals surface area (Å²) in [6.07, 6.45) is 4.81. The zero-order chi connectivity index (χ0) is 28.1. The highest BCUT2D eigenvalue weighted by atomic mass is 16.5. The van der Waals surface area contributed by atoms with Crippen molar-refractivity contribution in [2.75, 3.05) is 35.0 Å². The van der Waals surface area contributed by atoms with Crippen molar-refractivity contribution in [2.24, 2.45) is 0 Å². The highest BCUT2D eigenvalue weighted by molar-refractivity contribution is 5.95. The van der Waals surface area contributed by atoms with E-state index in [0.717, 1.165) is 27.8 Å². The van der Waals surface area contributed by atoms with Crippen LogP contribution in [0.2, 0.25) is 0 Å². The van der Waals surface area contributed by atoms with E-state index in [1.165, 1.54) is 0 Å². The van der Waals surface area contributed by atoms with Crippen LogP contribution in [-0.2, 0) is 6.42 Å². The first-order valence-electron chi connectivity index (χ1n) is 13.2. The van der Waals surface area contributed by atoms with Crippen LogP contribution >= 0.6 is 0 Å². The van der Waals surface area contributed by atoms with E-state index in [0.29, 0.717) is 41.5 Å². The molecule has 1 unspecified atom stereocenters. The standard InChI is InChI=1S/C34H33NO5/c1-37-29-17-16-27(21-30(29)38-2)33-28-22-32(40-4)31(39-3)20-26(28)18-19-35(33)34(36)25-14-12-24(13-15-25)11-10-23-8-6-5-7-9-23/h5-17,20-22,33H,18-19H2,1-4H3. The van der Waals surface area contributed by atoms with Gasteiger partial charge >= 0.3 is 0 Å². The van der Waals surface area contributed by atoms with Gasteiger partial charge in [0, 0.05) is 12.1 Å². The molecule has 0 spiro atoms. The molecule has 0 aromatic heterocycles. The summed E-state index contributed by atoms with van der Waals surface area (Å²) < 4.78 is 22.3. The number of ether oxygens (including phenoxy) is 4.